The van der Waals surface area contributed by atoms with Gasteiger partial charge in [0, 0.05) is 36.3 Å². The molecule has 3 nitrogen and oxygen atoms in total. The fraction of sp³-hybridized carbons (Fsp3) is 0.100. The van der Waals surface area contributed by atoms with Gasteiger partial charge in [0.15, 0.2) is 5.43 Å². The van der Waals surface area contributed by atoms with E-state index in [0.717, 1.165) is 17.9 Å². The van der Waals surface area contributed by atoms with Crippen LogP contribution in [0.2, 0.25) is 0 Å². The van der Waals surface area contributed by atoms with E-state index in [9.17, 15) is 4.79 Å². The molecule has 0 saturated heterocycles. The summed E-state index contributed by atoms with van der Waals surface area (Å²) in [6.45, 7) is 2.72. The Kier molecular flexibility index (Phi) is 4.48. The van der Waals surface area contributed by atoms with Crippen LogP contribution in [0.25, 0.3) is 12.2 Å². The Morgan fingerprint density at radius 3 is 2.52 bits per heavy atom. The van der Waals surface area contributed by atoms with Crippen molar-refractivity contribution in [2.75, 3.05) is 0 Å². The maximum absolute atomic E-state index is 12.2. The molecule has 0 N–H and O–H groups in total. The summed E-state index contributed by atoms with van der Waals surface area (Å²) >= 11 is 0. The molecule has 114 valence electrons. The molecule has 0 fully saturated rings. The lowest BCUT2D eigenvalue weighted by atomic mass is 10.1. The van der Waals surface area contributed by atoms with E-state index in [4.69, 9.17) is 0 Å². The first kappa shape index (κ1) is 15.0. The minimum Gasteiger partial charge on any atom is -0.346 e. The van der Waals surface area contributed by atoms with Crippen molar-refractivity contribution in [2.24, 2.45) is 0 Å². The maximum Gasteiger partial charge on any atom is 0.189 e. The van der Waals surface area contributed by atoms with Crippen molar-refractivity contribution in [3.05, 3.63) is 99.7 Å². The Hall–Kier alpha value is -2.94. The molecule has 0 aliphatic rings. The smallest absolute Gasteiger partial charge is 0.189 e. The number of benzene rings is 1. The first-order valence-corrected chi connectivity index (χ1v) is 7.57. The van der Waals surface area contributed by atoms with Crippen LogP contribution in [0, 0.1) is 6.92 Å². The first-order chi connectivity index (χ1) is 11.2. The van der Waals surface area contributed by atoms with Crippen LogP contribution >= 0.6 is 0 Å². The predicted molar refractivity (Wildman–Crippen MR) is 94.1 cm³/mol. The van der Waals surface area contributed by atoms with Crippen molar-refractivity contribution < 1.29 is 0 Å². The summed E-state index contributed by atoms with van der Waals surface area (Å²) in [6, 6.07) is 17.6. The van der Waals surface area contributed by atoms with E-state index in [1.165, 1.54) is 5.56 Å². The van der Waals surface area contributed by atoms with E-state index in [0.29, 0.717) is 5.56 Å². The Morgan fingerprint density at radius 1 is 1.00 bits per heavy atom. The van der Waals surface area contributed by atoms with Crippen LogP contribution in [-0.4, -0.2) is 9.55 Å². The molecule has 0 amide bonds. The van der Waals surface area contributed by atoms with Gasteiger partial charge in [-0.15, -0.1) is 0 Å². The number of hydrogen-bond acceptors (Lipinski definition) is 2. The standard InChI is InChI=1S/C20H18N2O/c1-16-19(11-10-18-9-5-6-13-21-18)20(23)12-14-22(16)15-17-7-3-2-4-8-17/h2-14H,15H2,1H3/b11-10+. The number of rotatable bonds is 4. The van der Waals surface area contributed by atoms with E-state index >= 15 is 0 Å². The van der Waals surface area contributed by atoms with Crippen molar-refractivity contribution >= 4 is 12.2 Å². The lowest BCUT2D eigenvalue weighted by Crippen LogP contribution is -2.14. The van der Waals surface area contributed by atoms with Crippen LogP contribution in [0.5, 0.6) is 0 Å². The zero-order valence-corrected chi connectivity index (χ0v) is 13.0. The molecule has 2 aromatic heterocycles. The number of aromatic nitrogens is 2. The third-order valence-electron chi connectivity index (χ3n) is 3.80. The molecule has 2 heterocycles. The van der Waals surface area contributed by atoms with Gasteiger partial charge in [0.05, 0.1) is 5.69 Å². The summed E-state index contributed by atoms with van der Waals surface area (Å²) in [5, 5.41) is 0. The van der Waals surface area contributed by atoms with Gasteiger partial charge in [-0.3, -0.25) is 9.78 Å². The highest BCUT2D eigenvalue weighted by Gasteiger charge is 2.05. The van der Waals surface area contributed by atoms with E-state index in [-0.39, 0.29) is 5.43 Å². The molecule has 0 radical (unpaired) electrons. The van der Waals surface area contributed by atoms with Gasteiger partial charge in [-0.2, -0.15) is 0 Å². The second-order valence-corrected chi connectivity index (χ2v) is 5.38. The SMILES string of the molecule is Cc1c(/C=C/c2ccccn2)c(=O)ccn1Cc1ccccc1. The summed E-state index contributed by atoms with van der Waals surface area (Å²) in [4.78, 5) is 16.4. The first-order valence-electron chi connectivity index (χ1n) is 7.57. The van der Waals surface area contributed by atoms with Gasteiger partial charge in [-0.05, 0) is 36.8 Å². The van der Waals surface area contributed by atoms with E-state index in [1.54, 1.807) is 12.3 Å². The van der Waals surface area contributed by atoms with Gasteiger partial charge in [-0.1, -0.05) is 36.4 Å². The second-order valence-electron chi connectivity index (χ2n) is 5.38. The highest BCUT2D eigenvalue weighted by Crippen LogP contribution is 2.10. The molecule has 0 aliphatic carbocycles. The molecule has 0 aliphatic heterocycles. The van der Waals surface area contributed by atoms with Crippen LogP contribution in [0.15, 0.2) is 71.8 Å². The van der Waals surface area contributed by atoms with Gasteiger partial charge < -0.3 is 4.57 Å². The monoisotopic (exact) mass is 302 g/mol. The van der Waals surface area contributed by atoms with Crippen LogP contribution in [-0.2, 0) is 6.54 Å². The molecular weight excluding hydrogens is 284 g/mol. The van der Waals surface area contributed by atoms with E-state index in [1.807, 2.05) is 61.7 Å². The van der Waals surface area contributed by atoms with Crippen molar-refractivity contribution in [3.63, 3.8) is 0 Å². The van der Waals surface area contributed by atoms with Crippen LogP contribution in [0.4, 0.5) is 0 Å². The zero-order chi connectivity index (χ0) is 16.1. The lowest BCUT2D eigenvalue weighted by Gasteiger charge is -2.12. The number of nitrogens with zero attached hydrogens (tertiary/aromatic N) is 2. The van der Waals surface area contributed by atoms with Crippen LogP contribution in [0.3, 0.4) is 0 Å². The third-order valence-corrected chi connectivity index (χ3v) is 3.80. The maximum atomic E-state index is 12.2. The van der Waals surface area contributed by atoms with Gasteiger partial charge in [0.1, 0.15) is 0 Å². The Morgan fingerprint density at radius 2 is 1.78 bits per heavy atom. The molecule has 0 spiro atoms. The molecule has 3 aromatic rings. The molecule has 3 heteroatoms. The Bertz CT molecular complexity index is 865. The van der Waals surface area contributed by atoms with Gasteiger partial charge in [0.25, 0.3) is 0 Å². The summed E-state index contributed by atoms with van der Waals surface area (Å²) < 4.78 is 2.09. The minimum absolute atomic E-state index is 0.0268. The molecule has 0 bridgehead atoms. The topological polar surface area (TPSA) is 34.9 Å². The molecule has 0 atom stereocenters. The Balaban J connectivity index is 1.93. The van der Waals surface area contributed by atoms with Crippen molar-refractivity contribution in [1.82, 2.24) is 9.55 Å². The quantitative estimate of drug-likeness (QED) is 0.735. The predicted octanol–water partition coefficient (Wildman–Crippen LogP) is 3.77. The second kappa shape index (κ2) is 6.88. The molecule has 23 heavy (non-hydrogen) atoms. The molecular formula is C20H18N2O. The van der Waals surface area contributed by atoms with E-state index < -0.39 is 0 Å². The molecule has 0 unspecified atom stereocenters. The average molecular weight is 302 g/mol. The molecule has 0 saturated carbocycles. The van der Waals surface area contributed by atoms with Gasteiger partial charge in [-0.25, -0.2) is 0 Å². The van der Waals surface area contributed by atoms with Crippen molar-refractivity contribution in [2.45, 2.75) is 13.5 Å². The van der Waals surface area contributed by atoms with Crippen molar-refractivity contribution in [3.8, 4) is 0 Å². The molecule has 3 rings (SSSR count). The normalized spacial score (nSPS) is 11.0. The molecule has 1 aromatic carbocycles. The fourth-order valence-corrected chi connectivity index (χ4v) is 2.49. The third kappa shape index (κ3) is 3.64. The average Bonchev–Trinajstić information content (AvgIpc) is 2.59. The van der Waals surface area contributed by atoms with Gasteiger partial charge in [0.2, 0.25) is 0 Å². The number of hydrogen-bond donors (Lipinski definition) is 0. The van der Waals surface area contributed by atoms with Gasteiger partial charge >= 0.3 is 0 Å². The lowest BCUT2D eigenvalue weighted by molar-refractivity contribution is 0.755. The van der Waals surface area contributed by atoms with Crippen LogP contribution < -0.4 is 5.43 Å². The minimum atomic E-state index is 0.0268. The summed E-state index contributed by atoms with van der Waals surface area (Å²) in [7, 11) is 0. The summed E-state index contributed by atoms with van der Waals surface area (Å²) in [5.41, 5.74) is 3.73. The summed E-state index contributed by atoms with van der Waals surface area (Å²) in [5.74, 6) is 0. The fourth-order valence-electron chi connectivity index (χ4n) is 2.49. The number of pyridine rings is 2. The summed E-state index contributed by atoms with van der Waals surface area (Å²) in [6.07, 6.45) is 7.31. The van der Waals surface area contributed by atoms with E-state index in [2.05, 4.69) is 21.7 Å². The van der Waals surface area contributed by atoms with Crippen LogP contribution in [0.1, 0.15) is 22.5 Å². The Labute approximate surface area is 135 Å². The highest BCUT2D eigenvalue weighted by molar-refractivity contribution is 5.68. The zero-order valence-electron chi connectivity index (χ0n) is 13.0. The highest BCUT2D eigenvalue weighted by atomic mass is 16.1. The largest absolute Gasteiger partial charge is 0.346 e. The van der Waals surface area contributed by atoms with Crippen molar-refractivity contribution in [1.29, 1.82) is 0 Å².